The van der Waals surface area contributed by atoms with Gasteiger partial charge in [0.15, 0.2) is 0 Å². The number of halogens is 2. The molecule has 0 amide bonds. The number of rotatable bonds is 3. The average molecular weight is 302 g/mol. The minimum Gasteiger partial charge on any atom is -0.481 e. The molecule has 0 aromatic heterocycles. The average Bonchev–Trinajstić information content (AvgIpc) is 2.99. The van der Waals surface area contributed by atoms with Crippen LogP contribution in [0.5, 0.6) is 0 Å². The molecule has 2 aromatic rings. The fraction of sp³-hybridized carbons (Fsp3) is 0.278. The summed E-state index contributed by atoms with van der Waals surface area (Å²) in [5.74, 6) is -1.81. The van der Waals surface area contributed by atoms with Gasteiger partial charge in [-0.2, -0.15) is 0 Å². The third-order valence-corrected chi connectivity index (χ3v) is 4.53. The van der Waals surface area contributed by atoms with Crippen LogP contribution in [0.4, 0.5) is 8.78 Å². The van der Waals surface area contributed by atoms with Crippen molar-refractivity contribution in [3.05, 3.63) is 59.7 Å². The zero-order valence-corrected chi connectivity index (χ0v) is 12.0. The highest BCUT2D eigenvalue weighted by molar-refractivity contribution is 5.82. The molecule has 0 saturated heterocycles. The van der Waals surface area contributed by atoms with Crippen molar-refractivity contribution < 1.29 is 18.7 Å². The van der Waals surface area contributed by atoms with Crippen molar-refractivity contribution >= 4 is 5.97 Å². The van der Waals surface area contributed by atoms with Gasteiger partial charge in [0.05, 0.1) is 5.41 Å². The Labute approximate surface area is 127 Å². The normalized spacial score (nSPS) is 16.6. The fourth-order valence-electron chi connectivity index (χ4n) is 3.29. The van der Waals surface area contributed by atoms with Crippen molar-refractivity contribution in [2.24, 2.45) is 0 Å². The van der Waals surface area contributed by atoms with Gasteiger partial charge >= 0.3 is 5.97 Å². The maximum atomic E-state index is 14.3. The maximum absolute atomic E-state index is 14.3. The third-order valence-electron chi connectivity index (χ3n) is 4.53. The van der Waals surface area contributed by atoms with Gasteiger partial charge in [-0.15, -0.1) is 0 Å². The second kappa shape index (κ2) is 5.52. The van der Waals surface area contributed by atoms with Gasteiger partial charge < -0.3 is 5.11 Å². The Balaban J connectivity index is 2.10. The summed E-state index contributed by atoms with van der Waals surface area (Å²) < 4.78 is 27.3. The molecule has 114 valence electrons. The molecule has 0 unspecified atom stereocenters. The minimum absolute atomic E-state index is 0.235. The molecule has 0 heterocycles. The van der Waals surface area contributed by atoms with Crippen molar-refractivity contribution in [2.45, 2.75) is 31.1 Å². The Morgan fingerprint density at radius 1 is 0.955 bits per heavy atom. The van der Waals surface area contributed by atoms with Crippen LogP contribution in [0.15, 0.2) is 42.5 Å². The molecule has 0 spiro atoms. The van der Waals surface area contributed by atoms with Gasteiger partial charge in [0.25, 0.3) is 0 Å². The summed E-state index contributed by atoms with van der Waals surface area (Å²) in [5.41, 5.74) is 0.532. The summed E-state index contributed by atoms with van der Waals surface area (Å²) in [4.78, 5) is 11.8. The van der Waals surface area contributed by atoms with E-state index in [0.717, 1.165) is 18.4 Å². The first-order chi connectivity index (χ1) is 10.5. The van der Waals surface area contributed by atoms with E-state index in [-0.39, 0.29) is 11.4 Å². The highest BCUT2D eigenvalue weighted by atomic mass is 19.1. The van der Waals surface area contributed by atoms with Crippen LogP contribution in [-0.2, 0) is 10.2 Å². The molecular formula is C18H16F2O2. The summed E-state index contributed by atoms with van der Waals surface area (Å²) in [6.07, 6.45) is 2.47. The SMILES string of the molecule is O=C(O)C1(c2cc(-c3ccc(F)cc3)ccc2F)CCCC1. The molecule has 0 aliphatic heterocycles. The fourth-order valence-corrected chi connectivity index (χ4v) is 3.29. The molecule has 1 saturated carbocycles. The highest BCUT2D eigenvalue weighted by Crippen LogP contribution is 2.43. The summed E-state index contributed by atoms with van der Waals surface area (Å²) in [7, 11) is 0. The smallest absolute Gasteiger partial charge is 0.314 e. The Hall–Kier alpha value is -2.23. The Bertz CT molecular complexity index is 702. The van der Waals surface area contributed by atoms with Gasteiger partial charge in [-0.25, -0.2) is 8.78 Å². The predicted molar refractivity (Wildman–Crippen MR) is 79.6 cm³/mol. The van der Waals surface area contributed by atoms with Gasteiger partial charge in [0.2, 0.25) is 0 Å². The number of benzene rings is 2. The van der Waals surface area contributed by atoms with Gasteiger partial charge in [0.1, 0.15) is 11.6 Å². The van der Waals surface area contributed by atoms with E-state index in [2.05, 4.69) is 0 Å². The van der Waals surface area contributed by atoms with Crippen LogP contribution < -0.4 is 0 Å². The lowest BCUT2D eigenvalue weighted by Gasteiger charge is -2.25. The molecule has 0 radical (unpaired) electrons. The minimum atomic E-state index is -1.14. The number of carboxylic acid groups (broad SMARTS) is 1. The van der Waals surface area contributed by atoms with Gasteiger partial charge in [-0.1, -0.05) is 31.0 Å². The molecule has 0 atom stereocenters. The lowest BCUT2D eigenvalue weighted by molar-refractivity contribution is -0.143. The van der Waals surface area contributed by atoms with Crippen LogP contribution in [-0.4, -0.2) is 11.1 Å². The standard InChI is InChI=1S/C18H16F2O2/c19-14-6-3-12(4-7-14)13-5-8-16(20)15(11-13)18(17(21)22)9-1-2-10-18/h3-8,11H,1-2,9-10H2,(H,21,22). The lowest BCUT2D eigenvalue weighted by atomic mass is 9.77. The zero-order valence-electron chi connectivity index (χ0n) is 12.0. The van der Waals surface area contributed by atoms with E-state index in [9.17, 15) is 18.7 Å². The predicted octanol–water partition coefficient (Wildman–Crippen LogP) is 4.53. The number of hydrogen-bond donors (Lipinski definition) is 1. The molecule has 0 bridgehead atoms. The molecule has 1 N–H and O–H groups in total. The largest absolute Gasteiger partial charge is 0.481 e. The quantitative estimate of drug-likeness (QED) is 0.904. The number of carboxylic acids is 1. The number of aliphatic carboxylic acids is 1. The monoisotopic (exact) mass is 302 g/mol. The highest BCUT2D eigenvalue weighted by Gasteiger charge is 2.44. The van der Waals surface area contributed by atoms with E-state index >= 15 is 0 Å². The molecule has 22 heavy (non-hydrogen) atoms. The van der Waals surface area contributed by atoms with E-state index in [0.29, 0.717) is 18.4 Å². The van der Waals surface area contributed by atoms with Crippen LogP contribution in [0.1, 0.15) is 31.2 Å². The second-order valence-electron chi connectivity index (χ2n) is 5.80. The van der Waals surface area contributed by atoms with Crippen molar-refractivity contribution in [3.63, 3.8) is 0 Å². The molecule has 1 aliphatic rings. The second-order valence-corrected chi connectivity index (χ2v) is 5.80. The van der Waals surface area contributed by atoms with Crippen LogP contribution in [0.25, 0.3) is 11.1 Å². The van der Waals surface area contributed by atoms with Crippen molar-refractivity contribution in [3.8, 4) is 11.1 Å². The van der Waals surface area contributed by atoms with Crippen LogP contribution in [0, 0.1) is 11.6 Å². The molecular weight excluding hydrogens is 286 g/mol. The topological polar surface area (TPSA) is 37.3 Å². The third kappa shape index (κ3) is 2.39. The first-order valence-corrected chi connectivity index (χ1v) is 7.32. The molecule has 1 aliphatic carbocycles. The van der Waals surface area contributed by atoms with E-state index in [1.165, 1.54) is 18.2 Å². The van der Waals surface area contributed by atoms with E-state index in [1.54, 1.807) is 24.3 Å². The number of carbonyl (C=O) groups is 1. The van der Waals surface area contributed by atoms with Gasteiger partial charge in [0, 0.05) is 5.56 Å². The van der Waals surface area contributed by atoms with Gasteiger partial charge in [-0.05, 0) is 48.2 Å². The van der Waals surface area contributed by atoms with E-state index in [4.69, 9.17) is 0 Å². The molecule has 2 nitrogen and oxygen atoms in total. The van der Waals surface area contributed by atoms with Crippen LogP contribution >= 0.6 is 0 Å². The van der Waals surface area contributed by atoms with Crippen molar-refractivity contribution in [1.29, 1.82) is 0 Å². The maximum Gasteiger partial charge on any atom is 0.314 e. The van der Waals surface area contributed by atoms with Gasteiger partial charge in [-0.3, -0.25) is 4.79 Å². The molecule has 4 heteroatoms. The summed E-state index contributed by atoms with van der Waals surface area (Å²) in [5, 5.41) is 9.62. The molecule has 2 aromatic carbocycles. The van der Waals surface area contributed by atoms with Crippen molar-refractivity contribution in [1.82, 2.24) is 0 Å². The summed E-state index contributed by atoms with van der Waals surface area (Å²) in [6, 6.07) is 10.4. The first-order valence-electron chi connectivity index (χ1n) is 7.32. The first kappa shape index (κ1) is 14.7. The van der Waals surface area contributed by atoms with Crippen LogP contribution in [0.3, 0.4) is 0 Å². The molecule has 3 rings (SSSR count). The molecule has 1 fully saturated rings. The van der Waals surface area contributed by atoms with E-state index in [1.807, 2.05) is 0 Å². The Morgan fingerprint density at radius 2 is 1.55 bits per heavy atom. The number of hydrogen-bond acceptors (Lipinski definition) is 1. The van der Waals surface area contributed by atoms with Crippen LogP contribution in [0.2, 0.25) is 0 Å². The zero-order chi connectivity index (χ0) is 15.7. The lowest BCUT2D eigenvalue weighted by Crippen LogP contribution is -2.33. The Kier molecular flexibility index (Phi) is 3.69. The Morgan fingerprint density at radius 3 is 2.14 bits per heavy atom. The van der Waals surface area contributed by atoms with Crippen molar-refractivity contribution in [2.75, 3.05) is 0 Å². The van der Waals surface area contributed by atoms with E-state index < -0.39 is 17.2 Å². The summed E-state index contributed by atoms with van der Waals surface area (Å²) in [6.45, 7) is 0. The summed E-state index contributed by atoms with van der Waals surface area (Å²) >= 11 is 0.